The van der Waals surface area contributed by atoms with Crippen molar-refractivity contribution in [1.82, 2.24) is 4.57 Å². The maximum Gasteiger partial charge on any atom is 0.0616 e. The molecular weight excluding hydrogens is 541 g/mol. The van der Waals surface area contributed by atoms with Crippen molar-refractivity contribution in [2.75, 3.05) is 4.90 Å². The molecule has 208 valence electrons. The number of anilines is 3. The number of para-hydroxylation sites is 4. The molecule has 4 heterocycles. The molecule has 2 aromatic heterocycles. The highest BCUT2D eigenvalue weighted by Gasteiger charge is 2.46. The van der Waals surface area contributed by atoms with Gasteiger partial charge >= 0.3 is 0 Å². The van der Waals surface area contributed by atoms with Crippen LogP contribution in [0.2, 0.25) is 0 Å². The number of hydrogen-bond donors (Lipinski definition) is 0. The third-order valence-electron chi connectivity index (χ3n) is 9.94. The Morgan fingerprint density at radius 3 is 1.81 bits per heavy atom. The third kappa shape index (κ3) is 3.23. The van der Waals surface area contributed by atoms with Gasteiger partial charge in [0.1, 0.15) is 0 Å². The monoisotopic (exact) mass is 572 g/mol. The number of benzene rings is 5. The Morgan fingerprint density at radius 1 is 0.535 bits per heavy atom. The Kier molecular flexibility index (Phi) is 4.93. The second-order valence-corrected chi connectivity index (χ2v) is 14.1. The molecule has 0 bridgehead atoms. The van der Waals surface area contributed by atoms with Gasteiger partial charge in [-0.25, -0.2) is 0 Å². The number of hydrogen-bond acceptors (Lipinski definition) is 2. The molecule has 0 aliphatic carbocycles. The SMILES string of the molecule is CC1(C)c2ccccc2N2c3cc(-c4ccc(-n5c6ccccc6c6ccccc65)cc4)sc3C(C)(C)c3cccc1c32. The molecule has 5 aromatic carbocycles. The molecule has 2 nitrogen and oxygen atoms in total. The molecule has 9 rings (SSSR count). The largest absolute Gasteiger partial charge is 0.309 e. The van der Waals surface area contributed by atoms with E-state index in [9.17, 15) is 0 Å². The summed E-state index contributed by atoms with van der Waals surface area (Å²) in [5.41, 5.74) is 13.0. The lowest BCUT2D eigenvalue weighted by molar-refractivity contribution is 0.604. The summed E-state index contributed by atoms with van der Waals surface area (Å²) in [6.45, 7) is 9.55. The van der Waals surface area contributed by atoms with Crippen molar-refractivity contribution in [2.24, 2.45) is 0 Å². The zero-order chi connectivity index (χ0) is 29.1. The first-order valence-corrected chi connectivity index (χ1v) is 15.9. The van der Waals surface area contributed by atoms with E-state index < -0.39 is 0 Å². The first-order chi connectivity index (χ1) is 20.9. The predicted octanol–water partition coefficient (Wildman–Crippen LogP) is 11.3. The molecule has 43 heavy (non-hydrogen) atoms. The van der Waals surface area contributed by atoms with Gasteiger partial charge in [-0.2, -0.15) is 0 Å². The van der Waals surface area contributed by atoms with Gasteiger partial charge < -0.3 is 9.47 Å². The molecular formula is C40H32N2S. The molecule has 0 radical (unpaired) electrons. The number of fused-ring (bicyclic) bond motifs is 7. The molecule has 2 aliphatic heterocycles. The topological polar surface area (TPSA) is 8.17 Å². The van der Waals surface area contributed by atoms with Crippen molar-refractivity contribution in [1.29, 1.82) is 0 Å². The lowest BCUT2D eigenvalue weighted by Gasteiger charge is -2.48. The van der Waals surface area contributed by atoms with Gasteiger partial charge in [0.2, 0.25) is 0 Å². The highest BCUT2D eigenvalue weighted by atomic mass is 32.1. The van der Waals surface area contributed by atoms with Crippen LogP contribution in [-0.4, -0.2) is 4.57 Å². The maximum absolute atomic E-state index is 2.55. The smallest absolute Gasteiger partial charge is 0.0616 e. The first-order valence-electron chi connectivity index (χ1n) is 15.1. The second-order valence-electron chi connectivity index (χ2n) is 13.0. The second kappa shape index (κ2) is 8.49. The van der Waals surface area contributed by atoms with E-state index in [2.05, 4.69) is 158 Å². The quantitative estimate of drug-likeness (QED) is 0.200. The van der Waals surface area contributed by atoms with Crippen LogP contribution in [-0.2, 0) is 10.8 Å². The molecule has 0 saturated heterocycles. The van der Waals surface area contributed by atoms with Crippen molar-refractivity contribution >= 4 is 50.2 Å². The molecule has 0 N–H and O–H groups in total. The number of aromatic nitrogens is 1. The summed E-state index contributed by atoms with van der Waals surface area (Å²) < 4.78 is 2.39. The lowest BCUT2D eigenvalue weighted by atomic mass is 9.68. The lowest BCUT2D eigenvalue weighted by Crippen LogP contribution is -2.37. The average Bonchev–Trinajstić information content (AvgIpc) is 3.62. The van der Waals surface area contributed by atoms with E-state index in [1.54, 1.807) is 0 Å². The summed E-state index contributed by atoms with van der Waals surface area (Å²) in [7, 11) is 0. The van der Waals surface area contributed by atoms with Crippen molar-refractivity contribution in [2.45, 2.75) is 38.5 Å². The van der Waals surface area contributed by atoms with Gasteiger partial charge in [0, 0.05) is 37.0 Å². The van der Waals surface area contributed by atoms with Gasteiger partial charge in [-0.15, -0.1) is 11.3 Å². The first kappa shape index (κ1) is 24.9. The number of rotatable bonds is 2. The molecule has 3 heteroatoms. The Labute approximate surface area is 256 Å². The summed E-state index contributed by atoms with van der Waals surface area (Å²) in [5.74, 6) is 0. The minimum absolute atomic E-state index is 0.0620. The fraction of sp³-hybridized carbons (Fsp3) is 0.150. The molecule has 2 aliphatic rings. The van der Waals surface area contributed by atoms with Crippen molar-refractivity contribution in [3.63, 3.8) is 0 Å². The third-order valence-corrected chi connectivity index (χ3v) is 11.4. The van der Waals surface area contributed by atoms with Crippen LogP contribution >= 0.6 is 11.3 Å². The van der Waals surface area contributed by atoms with E-state index in [1.807, 2.05) is 11.3 Å². The maximum atomic E-state index is 2.55. The van der Waals surface area contributed by atoms with Crippen LogP contribution in [0, 0.1) is 0 Å². The predicted molar refractivity (Wildman–Crippen MR) is 183 cm³/mol. The van der Waals surface area contributed by atoms with Crippen LogP contribution < -0.4 is 4.90 Å². The van der Waals surface area contributed by atoms with Crippen LogP contribution in [0.1, 0.15) is 49.3 Å². The Hall–Kier alpha value is -4.60. The van der Waals surface area contributed by atoms with Gasteiger partial charge in [-0.05, 0) is 58.7 Å². The van der Waals surface area contributed by atoms with E-state index in [4.69, 9.17) is 0 Å². The summed E-state index contributed by atoms with van der Waals surface area (Å²) in [6, 6.07) is 44.9. The Balaban J connectivity index is 1.21. The van der Waals surface area contributed by atoms with Gasteiger partial charge in [-0.3, -0.25) is 0 Å². The zero-order valence-electron chi connectivity index (χ0n) is 24.8. The van der Waals surface area contributed by atoms with Crippen LogP contribution in [0.3, 0.4) is 0 Å². The Morgan fingerprint density at radius 2 is 1.12 bits per heavy atom. The van der Waals surface area contributed by atoms with Crippen LogP contribution in [0.15, 0.2) is 121 Å². The van der Waals surface area contributed by atoms with Gasteiger partial charge in [0.15, 0.2) is 0 Å². The summed E-state index contributed by atoms with van der Waals surface area (Å²) in [6.07, 6.45) is 0. The van der Waals surface area contributed by atoms with Crippen LogP contribution in [0.5, 0.6) is 0 Å². The Bertz CT molecular complexity index is 2190. The average molecular weight is 573 g/mol. The van der Waals surface area contributed by atoms with Gasteiger partial charge in [0.25, 0.3) is 0 Å². The van der Waals surface area contributed by atoms with E-state index >= 15 is 0 Å². The number of nitrogens with zero attached hydrogens (tertiary/aromatic N) is 2. The van der Waals surface area contributed by atoms with Gasteiger partial charge in [-0.1, -0.05) is 113 Å². The number of thiophene rings is 1. The van der Waals surface area contributed by atoms with Crippen molar-refractivity contribution in [3.05, 3.63) is 143 Å². The molecule has 0 atom stereocenters. The molecule has 0 unspecified atom stereocenters. The highest BCUT2D eigenvalue weighted by Crippen LogP contribution is 2.62. The van der Waals surface area contributed by atoms with E-state index in [0.29, 0.717) is 0 Å². The van der Waals surface area contributed by atoms with Crippen LogP contribution in [0.25, 0.3) is 37.9 Å². The minimum atomic E-state index is -0.0919. The normalized spacial score (nSPS) is 15.8. The molecule has 0 fully saturated rings. The van der Waals surface area contributed by atoms with E-state index in [1.165, 1.54) is 76.6 Å². The standard InChI is InChI=1S/C40H32N2S/c1-39(2)29-14-7-10-19-34(29)42-35-24-36(43-38(35)40(3,4)31-16-11-15-30(39)37(31)42)25-20-22-26(23-21-25)41-32-17-8-5-12-27(32)28-13-6-9-18-33(28)41/h5-24H,1-4H3. The molecule has 0 saturated carbocycles. The van der Waals surface area contributed by atoms with Crippen LogP contribution in [0.4, 0.5) is 17.1 Å². The summed E-state index contributed by atoms with van der Waals surface area (Å²) in [4.78, 5) is 5.29. The highest BCUT2D eigenvalue weighted by molar-refractivity contribution is 7.16. The molecule has 0 amide bonds. The zero-order valence-corrected chi connectivity index (χ0v) is 25.7. The fourth-order valence-electron chi connectivity index (χ4n) is 7.74. The van der Waals surface area contributed by atoms with E-state index in [0.717, 1.165) is 0 Å². The summed E-state index contributed by atoms with van der Waals surface area (Å²) in [5, 5.41) is 2.58. The molecule has 0 spiro atoms. The van der Waals surface area contributed by atoms with Crippen molar-refractivity contribution < 1.29 is 0 Å². The van der Waals surface area contributed by atoms with Crippen molar-refractivity contribution in [3.8, 4) is 16.1 Å². The molecule has 7 aromatic rings. The van der Waals surface area contributed by atoms with Gasteiger partial charge in [0.05, 0.1) is 28.1 Å². The minimum Gasteiger partial charge on any atom is -0.309 e. The van der Waals surface area contributed by atoms with E-state index in [-0.39, 0.29) is 10.8 Å². The fourth-order valence-corrected chi connectivity index (χ4v) is 9.01. The summed E-state index contributed by atoms with van der Waals surface area (Å²) >= 11 is 1.94.